The Bertz CT molecular complexity index is 810. The second kappa shape index (κ2) is 11.4. The summed E-state index contributed by atoms with van der Waals surface area (Å²) in [5, 5.41) is 0. The highest BCUT2D eigenvalue weighted by molar-refractivity contribution is 5.98. The van der Waals surface area contributed by atoms with Crippen LogP contribution in [0.25, 0.3) is 0 Å². The quantitative estimate of drug-likeness (QED) is 0.361. The van der Waals surface area contributed by atoms with E-state index in [2.05, 4.69) is 29.2 Å². The number of ether oxygens (including phenoxy) is 1. The van der Waals surface area contributed by atoms with Gasteiger partial charge in [-0.15, -0.1) is 0 Å². The van der Waals surface area contributed by atoms with E-state index in [-0.39, 0.29) is 24.2 Å². The third-order valence-corrected chi connectivity index (χ3v) is 6.02. The lowest BCUT2D eigenvalue weighted by molar-refractivity contribution is -0.157. The third kappa shape index (κ3) is 7.59. The van der Waals surface area contributed by atoms with Gasteiger partial charge in [-0.3, -0.25) is 14.5 Å². The van der Waals surface area contributed by atoms with Gasteiger partial charge < -0.3 is 4.74 Å². The summed E-state index contributed by atoms with van der Waals surface area (Å²) in [5.41, 5.74) is 1.76. The van der Waals surface area contributed by atoms with E-state index in [9.17, 15) is 9.59 Å². The largest absolute Gasteiger partial charge is 0.460 e. The van der Waals surface area contributed by atoms with Crippen LogP contribution < -0.4 is 0 Å². The molecule has 2 aromatic rings. The Kier molecular flexibility index (Phi) is 8.63. The van der Waals surface area contributed by atoms with Crippen LogP contribution in [0.2, 0.25) is 0 Å². The minimum atomic E-state index is -0.592. The first-order valence-electron chi connectivity index (χ1n) is 11.9. The smallest absolute Gasteiger partial charge is 0.313 e. The molecule has 0 amide bonds. The average Bonchev–Trinajstić information content (AvgIpc) is 2.74. The molecule has 2 aromatic carbocycles. The van der Waals surface area contributed by atoms with Crippen molar-refractivity contribution >= 4 is 11.8 Å². The Morgan fingerprint density at radius 3 is 1.84 bits per heavy atom. The van der Waals surface area contributed by atoms with Gasteiger partial charge in [0.1, 0.15) is 12.0 Å². The van der Waals surface area contributed by atoms with E-state index in [4.69, 9.17) is 4.74 Å². The van der Waals surface area contributed by atoms with Gasteiger partial charge in [-0.2, -0.15) is 0 Å². The lowest BCUT2D eigenvalue weighted by Gasteiger charge is -2.38. The molecule has 4 heteroatoms. The minimum Gasteiger partial charge on any atom is -0.460 e. The molecule has 0 saturated heterocycles. The van der Waals surface area contributed by atoms with Crippen LogP contribution >= 0.6 is 0 Å². The highest BCUT2D eigenvalue weighted by atomic mass is 16.6. The maximum Gasteiger partial charge on any atom is 0.313 e. The molecule has 0 unspecified atom stereocenters. The average molecular weight is 436 g/mol. The van der Waals surface area contributed by atoms with E-state index < -0.39 is 11.6 Å². The van der Waals surface area contributed by atoms with Crippen LogP contribution in [0.1, 0.15) is 70.4 Å². The molecule has 1 saturated carbocycles. The lowest BCUT2D eigenvalue weighted by Crippen LogP contribution is -2.47. The summed E-state index contributed by atoms with van der Waals surface area (Å²) in [6.07, 6.45) is 5.41. The fourth-order valence-electron chi connectivity index (χ4n) is 4.73. The summed E-state index contributed by atoms with van der Waals surface area (Å²) in [5.74, 6) is -0.174. The van der Waals surface area contributed by atoms with Crippen LogP contribution in [0, 0.1) is 5.92 Å². The van der Waals surface area contributed by atoms with Crippen molar-refractivity contribution in [3.05, 3.63) is 71.8 Å². The van der Waals surface area contributed by atoms with Gasteiger partial charge in [-0.05, 0) is 50.7 Å². The van der Waals surface area contributed by atoms with Gasteiger partial charge in [0.15, 0.2) is 5.78 Å². The normalized spacial score (nSPS) is 16.0. The van der Waals surface area contributed by atoms with Crippen molar-refractivity contribution in [3.8, 4) is 0 Å². The standard InChI is InChI=1S/C28H37NO3/c1-28(2,3)32-26(31)19-25(30)27(24-17-11-6-12-18-24)29(20-22-13-7-4-8-14-22)21-23-15-9-5-10-16-23/h4-5,7-10,13-16,24,27H,6,11-12,17-21H2,1-3H3/t27-/m0/s1. The number of hydrogen-bond donors (Lipinski definition) is 0. The molecule has 1 fully saturated rings. The van der Waals surface area contributed by atoms with Gasteiger partial charge in [0.05, 0.1) is 6.04 Å². The minimum absolute atomic E-state index is 0.0157. The third-order valence-electron chi connectivity index (χ3n) is 6.02. The lowest BCUT2D eigenvalue weighted by atomic mass is 9.80. The van der Waals surface area contributed by atoms with E-state index >= 15 is 0 Å². The number of nitrogens with zero attached hydrogens (tertiary/aromatic N) is 1. The van der Waals surface area contributed by atoms with Crippen LogP contribution in [-0.2, 0) is 27.4 Å². The van der Waals surface area contributed by atoms with Crippen molar-refractivity contribution in [2.45, 2.75) is 84.0 Å². The van der Waals surface area contributed by atoms with Gasteiger partial charge in [0.2, 0.25) is 0 Å². The van der Waals surface area contributed by atoms with E-state index in [0.29, 0.717) is 13.1 Å². The van der Waals surface area contributed by atoms with E-state index in [1.165, 1.54) is 17.5 Å². The summed E-state index contributed by atoms with van der Waals surface area (Å²) < 4.78 is 5.48. The fourth-order valence-corrected chi connectivity index (χ4v) is 4.73. The van der Waals surface area contributed by atoms with Gasteiger partial charge in [0.25, 0.3) is 0 Å². The Balaban J connectivity index is 1.88. The second-order valence-electron chi connectivity index (χ2n) is 9.95. The molecule has 0 radical (unpaired) electrons. The van der Waals surface area contributed by atoms with Crippen molar-refractivity contribution in [2.75, 3.05) is 0 Å². The van der Waals surface area contributed by atoms with Crippen molar-refractivity contribution < 1.29 is 14.3 Å². The molecule has 0 spiro atoms. The molecule has 0 heterocycles. The first-order chi connectivity index (χ1) is 15.3. The first kappa shape index (κ1) is 24.2. The Morgan fingerprint density at radius 2 is 1.38 bits per heavy atom. The highest BCUT2D eigenvalue weighted by Crippen LogP contribution is 2.32. The molecule has 0 aromatic heterocycles. The number of carbonyl (C=O) groups is 2. The first-order valence-corrected chi connectivity index (χ1v) is 11.9. The number of Topliss-reactive ketones (excluding diaryl/α,β-unsaturated/α-hetero) is 1. The molecule has 4 nitrogen and oxygen atoms in total. The van der Waals surface area contributed by atoms with Crippen molar-refractivity contribution in [1.82, 2.24) is 4.90 Å². The topological polar surface area (TPSA) is 46.6 Å². The molecule has 32 heavy (non-hydrogen) atoms. The fraction of sp³-hybridized carbons (Fsp3) is 0.500. The van der Waals surface area contributed by atoms with E-state index in [0.717, 1.165) is 25.7 Å². The van der Waals surface area contributed by atoms with Gasteiger partial charge in [-0.1, -0.05) is 79.9 Å². The van der Waals surface area contributed by atoms with Gasteiger partial charge >= 0.3 is 5.97 Å². The Labute approximate surface area is 193 Å². The van der Waals surface area contributed by atoms with E-state index in [1.807, 2.05) is 57.2 Å². The number of carbonyl (C=O) groups excluding carboxylic acids is 2. The summed E-state index contributed by atoms with van der Waals surface area (Å²) in [6, 6.07) is 20.3. The zero-order valence-corrected chi connectivity index (χ0v) is 19.8. The molecule has 0 N–H and O–H groups in total. The molecule has 1 aliphatic carbocycles. The molecule has 0 aliphatic heterocycles. The summed E-state index contributed by atoms with van der Waals surface area (Å²) >= 11 is 0. The molecule has 1 atom stereocenters. The number of benzene rings is 2. The highest BCUT2D eigenvalue weighted by Gasteiger charge is 2.36. The maximum absolute atomic E-state index is 13.6. The van der Waals surface area contributed by atoms with E-state index in [1.54, 1.807) is 0 Å². The predicted molar refractivity (Wildman–Crippen MR) is 128 cm³/mol. The molecule has 0 bridgehead atoms. The second-order valence-corrected chi connectivity index (χ2v) is 9.95. The maximum atomic E-state index is 13.6. The number of ketones is 1. The zero-order chi connectivity index (χ0) is 23.0. The van der Waals surface area contributed by atoms with Crippen molar-refractivity contribution in [2.24, 2.45) is 5.92 Å². The number of hydrogen-bond acceptors (Lipinski definition) is 4. The monoisotopic (exact) mass is 435 g/mol. The Morgan fingerprint density at radius 1 is 0.875 bits per heavy atom. The van der Waals surface area contributed by atoms with Crippen molar-refractivity contribution in [3.63, 3.8) is 0 Å². The summed E-state index contributed by atoms with van der Waals surface area (Å²) in [4.78, 5) is 28.4. The molecule has 3 rings (SSSR count). The summed E-state index contributed by atoms with van der Waals surface area (Å²) in [7, 11) is 0. The van der Waals surface area contributed by atoms with Crippen LogP contribution in [0.15, 0.2) is 60.7 Å². The van der Waals surface area contributed by atoms with Gasteiger partial charge in [-0.25, -0.2) is 0 Å². The van der Waals surface area contributed by atoms with Gasteiger partial charge in [0, 0.05) is 13.1 Å². The van der Waals surface area contributed by atoms with Crippen LogP contribution in [-0.4, -0.2) is 28.3 Å². The number of rotatable bonds is 9. The summed E-state index contributed by atoms with van der Waals surface area (Å²) in [6.45, 7) is 6.87. The number of esters is 1. The van der Waals surface area contributed by atoms with Crippen LogP contribution in [0.3, 0.4) is 0 Å². The SMILES string of the molecule is CC(C)(C)OC(=O)CC(=O)[C@H](C1CCCCC1)N(Cc1ccccc1)Cc1ccccc1. The van der Waals surface area contributed by atoms with Crippen molar-refractivity contribution in [1.29, 1.82) is 0 Å². The molecule has 1 aliphatic rings. The predicted octanol–water partition coefficient (Wildman–Crippen LogP) is 5.94. The zero-order valence-electron chi connectivity index (χ0n) is 19.8. The molecular formula is C28H37NO3. The Hall–Kier alpha value is -2.46. The molecular weight excluding hydrogens is 398 g/mol. The molecule has 172 valence electrons. The van der Waals surface area contributed by atoms with Crippen LogP contribution in [0.5, 0.6) is 0 Å². The van der Waals surface area contributed by atoms with Crippen LogP contribution in [0.4, 0.5) is 0 Å².